The van der Waals surface area contributed by atoms with Crippen molar-refractivity contribution in [3.63, 3.8) is 0 Å². The van der Waals surface area contributed by atoms with Crippen LogP contribution in [0, 0.1) is 5.82 Å². The number of carbonyl (C=O) groups is 2. The summed E-state index contributed by atoms with van der Waals surface area (Å²) in [5.41, 5.74) is 0.594. The number of hydrogen-bond acceptors (Lipinski definition) is 3. The van der Waals surface area contributed by atoms with Crippen LogP contribution in [0.2, 0.25) is 0 Å². The number of carbonyl (C=O) groups excluding carboxylic acids is 2. The van der Waals surface area contributed by atoms with Crippen molar-refractivity contribution in [2.75, 3.05) is 26.7 Å². The molecule has 0 atom stereocenters. The van der Waals surface area contributed by atoms with Crippen molar-refractivity contribution in [3.8, 4) is 5.75 Å². The van der Waals surface area contributed by atoms with Gasteiger partial charge in [0.25, 0.3) is 0 Å². The Balaban J connectivity index is 2.00. The van der Waals surface area contributed by atoms with Gasteiger partial charge in [-0.2, -0.15) is 0 Å². The summed E-state index contributed by atoms with van der Waals surface area (Å²) in [5, 5.41) is 2.71. The van der Waals surface area contributed by atoms with Crippen molar-refractivity contribution in [2.24, 2.45) is 0 Å². The summed E-state index contributed by atoms with van der Waals surface area (Å²) >= 11 is 0. The van der Waals surface area contributed by atoms with Crippen LogP contribution >= 0.6 is 0 Å². The lowest BCUT2D eigenvalue weighted by Crippen LogP contribution is -2.35. The van der Waals surface area contributed by atoms with Crippen molar-refractivity contribution in [3.05, 3.63) is 29.6 Å². The third-order valence-electron chi connectivity index (χ3n) is 3.24. The average molecular weight is 280 g/mol. The molecule has 0 spiro atoms. The van der Waals surface area contributed by atoms with Crippen molar-refractivity contribution >= 4 is 11.8 Å². The van der Waals surface area contributed by atoms with E-state index in [1.165, 1.54) is 19.2 Å². The highest BCUT2D eigenvalue weighted by Crippen LogP contribution is 2.18. The third-order valence-corrected chi connectivity index (χ3v) is 3.24. The molecular formula is C14H17FN2O3. The van der Waals surface area contributed by atoms with Crippen molar-refractivity contribution in [1.82, 2.24) is 10.2 Å². The van der Waals surface area contributed by atoms with Crippen molar-refractivity contribution in [1.29, 1.82) is 0 Å². The maximum atomic E-state index is 13.6. The summed E-state index contributed by atoms with van der Waals surface area (Å²) in [6.07, 6.45) is 0.428. The molecule has 2 rings (SSSR count). The van der Waals surface area contributed by atoms with Crippen LogP contribution in [0.1, 0.15) is 12.0 Å². The summed E-state index contributed by atoms with van der Waals surface area (Å²) in [6.45, 7) is 1.36. The second-order valence-electron chi connectivity index (χ2n) is 4.63. The van der Waals surface area contributed by atoms with Crippen LogP contribution in [0.25, 0.3) is 0 Å². The molecule has 108 valence electrons. The largest absolute Gasteiger partial charge is 0.494 e. The topological polar surface area (TPSA) is 58.6 Å². The maximum Gasteiger partial charge on any atom is 0.227 e. The molecule has 1 aliphatic rings. The molecule has 0 unspecified atom stereocenters. The lowest BCUT2D eigenvalue weighted by Gasteiger charge is -2.19. The molecule has 5 nitrogen and oxygen atoms in total. The molecule has 1 aromatic rings. The quantitative estimate of drug-likeness (QED) is 0.888. The number of amides is 2. The molecule has 20 heavy (non-hydrogen) atoms. The Kier molecular flexibility index (Phi) is 4.55. The van der Waals surface area contributed by atoms with Gasteiger partial charge < -0.3 is 15.0 Å². The zero-order chi connectivity index (χ0) is 14.5. The number of ether oxygens (including phenoxy) is 1. The second kappa shape index (κ2) is 6.36. The SMILES string of the molecule is COc1ccc(CC(=O)N2CCNC(=O)CC2)cc1F. The minimum Gasteiger partial charge on any atom is -0.494 e. The Morgan fingerprint density at radius 3 is 2.95 bits per heavy atom. The first-order valence-corrected chi connectivity index (χ1v) is 6.47. The fourth-order valence-electron chi connectivity index (χ4n) is 2.12. The van der Waals surface area contributed by atoms with Crippen LogP contribution in [-0.2, 0) is 16.0 Å². The molecule has 0 aromatic heterocycles. The second-order valence-corrected chi connectivity index (χ2v) is 4.63. The number of benzene rings is 1. The van der Waals surface area contributed by atoms with Gasteiger partial charge in [-0.15, -0.1) is 0 Å². The number of nitrogens with one attached hydrogen (secondary N) is 1. The van der Waals surface area contributed by atoms with Gasteiger partial charge in [-0.25, -0.2) is 4.39 Å². The summed E-state index contributed by atoms with van der Waals surface area (Å²) in [5.74, 6) is -0.474. The molecule has 0 aliphatic carbocycles. The number of rotatable bonds is 3. The Hall–Kier alpha value is -2.11. The van der Waals surface area contributed by atoms with Crippen LogP contribution in [0.15, 0.2) is 18.2 Å². The summed E-state index contributed by atoms with van der Waals surface area (Å²) in [6, 6.07) is 4.48. The first kappa shape index (κ1) is 14.3. The number of halogens is 1. The first-order chi connectivity index (χ1) is 9.60. The Morgan fingerprint density at radius 2 is 2.25 bits per heavy atom. The highest BCUT2D eigenvalue weighted by Gasteiger charge is 2.18. The minimum absolute atomic E-state index is 0.0456. The van der Waals surface area contributed by atoms with E-state index in [1.54, 1.807) is 11.0 Å². The average Bonchev–Trinajstić information content (AvgIpc) is 2.64. The molecule has 1 heterocycles. The molecular weight excluding hydrogens is 263 g/mol. The molecule has 0 bridgehead atoms. The van der Waals surface area contributed by atoms with Gasteiger partial charge in [0.2, 0.25) is 11.8 Å². The minimum atomic E-state index is -0.481. The number of nitrogens with zero attached hydrogens (tertiary/aromatic N) is 1. The normalized spacial score (nSPS) is 15.5. The zero-order valence-corrected chi connectivity index (χ0v) is 11.3. The highest BCUT2D eigenvalue weighted by atomic mass is 19.1. The van der Waals surface area contributed by atoms with Gasteiger partial charge in [0, 0.05) is 26.1 Å². The van der Waals surface area contributed by atoms with Gasteiger partial charge in [0.05, 0.1) is 13.5 Å². The summed E-state index contributed by atoms with van der Waals surface area (Å²) in [7, 11) is 1.39. The molecule has 1 aromatic carbocycles. The van der Waals surface area contributed by atoms with Crippen LogP contribution < -0.4 is 10.1 Å². The fourth-order valence-corrected chi connectivity index (χ4v) is 2.12. The molecule has 0 radical (unpaired) electrons. The predicted octanol–water partition coefficient (Wildman–Crippen LogP) is 0.725. The maximum absolute atomic E-state index is 13.6. The van der Waals surface area contributed by atoms with E-state index < -0.39 is 5.82 Å². The fraction of sp³-hybridized carbons (Fsp3) is 0.429. The van der Waals surface area contributed by atoms with E-state index in [1.807, 2.05) is 0 Å². The van der Waals surface area contributed by atoms with Gasteiger partial charge in [-0.3, -0.25) is 9.59 Å². The van der Waals surface area contributed by atoms with E-state index >= 15 is 0 Å². The monoisotopic (exact) mass is 280 g/mol. The van der Waals surface area contributed by atoms with E-state index in [2.05, 4.69) is 5.32 Å². The number of methoxy groups -OCH3 is 1. The van der Waals surface area contributed by atoms with E-state index in [0.717, 1.165) is 0 Å². The van der Waals surface area contributed by atoms with Gasteiger partial charge in [-0.1, -0.05) is 6.07 Å². The van der Waals surface area contributed by atoms with Crippen LogP contribution in [-0.4, -0.2) is 43.5 Å². The highest BCUT2D eigenvalue weighted by molar-refractivity contribution is 5.81. The smallest absolute Gasteiger partial charge is 0.227 e. The molecule has 1 aliphatic heterocycles. The van der Waals surface area contributed by atoms with E-state index in [9.17, 15) is 14.0 Å². The lowest BCUT2D eigenvalue weighted by molar-refractivity contribution is -0.130. The van der Waals surface area contributed by atoms with Crippen LogP contribution in [0.3, 0.4) is 0 Å². The lowest BCUT2D eigenvalue weighted by atomic mass is 10.1. The molecule has 1 saturated heterocycles. The Morgan fingerprint density at radius 1 is 1.45 bits per heavy atom. The Labute approximate surface area is 116 Å². The molecule has 1 N–H and O–H groups in total. The van der Waals surface area contributed by atoms with Gasteiger partial charge in [-0.05, 0) is 17.7 Å². The third kappa shape index (κ3) is 3.46. The van der Waals surface area contributed by atoms with E-state index in [4.69, 9.17) is 4.74 Å². The summed E-state index contributed by atoms with van der Waals surface area (Å²) < 4.78 is 18.4. The molecule has 0 saturated carbocycles. The first-order valence-electron chi connectivity index (χ1n) is 6.47. The molecule has 6 heteroatoms. The van der Waals surface area contributed by atoms with Gasteiger partial charge in [0.15, 0.2) is 11.6 Å². The van der Waals surface area contributed by atoms with E-state index in [0.29, 0.717) is 31.6 Å². The van der Waals surface area contributed by atoms with E-state index in [-0.39, 0.29) is 24.0 Å². The molecule has 1 fully saturated rings. The van der Waals surface area contributed by atoms with Gasteiger partial charge in [0.1, 0.15) is 0 Å². The molecule has 2 amide bonds. The summed E-state index contributed by atoms with van der Waals surface area (Å²) in [4.78, 5) is 25.0. The zero-order valence-electron chi connectivity index (χ0n) is 11.3. The standard InChI is InChI=1S/C14H17FN2O3/c1-20-12-3-2-10(8-11(12)15)9-14(19)17-6-4-13(18)16-5-7-17/h2-3,8H,4-7,9H2,1H3,(H,16,18). The van der Waals surface area contributed by atoms with Crippen molar-refractivity contribution in [2.45, 2.75) is 12.8 Å². The Bertz CT molecular complexity index is 519. The van der Waals surface area contributed by atoms with Crippen molar-refractivity contribution < 1.29 is 18.7 Å². The van der Waals surface area contributed by atoms with Crippen LogP contribution in [0.5, 0.6) is 5.75 Å². The van der Waals surface area contributed by atoms with Crippen LogP contribution in [0.4, 0.5) is 4.39 Å². The van der Waals surface area contributed by atoms with Gasteiger partial charge >= 0.3 is 0 Å². The number of hydrogen-bond donors (Lipinski definition) is 1. The predicted molar refractivity (Wildman–Crippen MR) is 70.9 cm³/mol.